The van der Waals surface area contributed by atoms with Crippen molar-refractivity contribution in [2.45, 2.75) is 32.7 Å². The third kappa shape index (κ3) is 3.75. The molecule has 0 bridgehead atoms. The maximum atomic E-state index is 13.1. The summed E-state index contributed by atoms with van der Waals surface area (Å²) in [5, 5.41) is 11.1. The molecular formula is C26H24N2O3. The molecule has 1 amide bonds. The highest BCUT2D eigenvalue weighted by Gasteiger charge is 2.47. The Kier molecular flexibility index (Phi) is 5.42. The van der Waals surface area contributed by atoms with Gasteiger partial charge < -0.3 is 5.11 Å². The molecule has 0 radical (unpaired) electrons. The summed E-state index contributed by atoms with van der Waals surface area (Å²) in [7, 11) is 0. The van der Waals surface area contributed by atoms with Crippen LogP contribution in [-0.4, -0.2) is 21.8 Å². The van der Waals surface area contributed by atoms with Crippen molar-refractivity contribution in [1.82, 2.24) is 4.98 Å². The van der Waals surface area contributed by atoms with Crippen molar-refractivity contribution in [2.24, 2.45) is 0 Å². The lowest BCUT2D eigenvalue weighted by atomic mass is 9.97. The minimum Gasteiger partial charge on any atom is -0.507 e. The second-order valence-electron chi connectivity index (χ2n) is 8.04. The molecular weight excluding hydrogens is 388 g/mol. The summed E-state index contributed by atoms with van der Waals surface area (Å²) >= 11 is 0. The summed E-state index contributed by atoms with van der Waals surface area (Å²) in [6.45, 7) is 6.13. The molecule has 5 nitrogen and oxygen atoms in total. The highest BCUT2D eigenvalue weighted by Crippen LogP contribution is 2.41. The predicted octanol–water partition coefficient (Wildman–Crippen LogP) is 5.14. The molecule has 1 N–H and O–H groups in total. The second-order valence-corrected chi connectivity index (χ2v) is 8.04. The first-order valence-corrected chi connectivity index (χ1v) is 10.3. The Morgan fingerprint density at radius 2 is 1.65 bits per heavy atom. The van der Waals surface area contributed by atoms with Crippen LogP contribution in [0.25, 0.3) is 5.76 Å². The van der Waals surface area contributed by atoms with Gasteiger partial charge in [0.2, 0.25) is 0 Å². The van der Waals surface area contributed by atoms with E-state index in [1.54, 1.807) is 36.5 Å². The Bertz CT molecular complexity index is 1150. The van der Waals surface area contributed by atoms with E-state index < -0.39 is 17.7 Å². The molecule has 1 atom stereocenters. The van der Waals surface area contributed by atoms with Crippen molar-refractivity contribution in [2.75, 3.05) is 4.90 Å². The number of aryl methyl sites for hydroxylation is 1. The van der Waals surface area contributed by atoms with Gasteiger partial charge in [-0.3, -0.25) is 19.5 Å². The maximum Gasteiger partial charge on any atom is 0.300 e. The number of hydrogen-bond donors (Lipinski definition) is 1. The Hall–Kier alpha value is -3.73. The lowest BCUT2D eigenvalue weighted by molar-refractivity contribution is -0.132. The number of nitrogens with zero attached hydrogens (tertiary/aromatic N) is 2. The van der Waals surface area contributed by atoms with Crippen molar-refractivity contribution >= 4 is 23.1 Å². The first-order chi connectivity index (χ1) is 14.9. The summed E-state index contributed by atoms with van der Waals surface area (Å²) in [6.07, 6.45) is 1.61. The van der Waals surface area contributed by atoms with Crippen LogP contribution < -0.4 is 4.90 Å². The van der Waals surface area contributed by atoms with Gasteiger partial charge in [0.1, 0.15) is 11.8 Å². The summed E-state index contributed by atoms with van der Waals surface area (Å²) in [5.74, 6) is -1.25. The summed E-state index contributed by atoms with van der Waals surface area (Å²) < 4.78 is 0. The lowest BCUT2D eigenvalue weighted by Gasteiger charge is -2.25. The number of anilines is 1. The van der Waals surface area contributed by atoms with E-state index in [2.05, 4.69) is 18.8 Å². The molecule has 1 saturated heterocycles. The number of aromatic nitrogens is 1. The highest BCUT2D eigenvalue weighted by molar-refractivity contribution is 6.51. The molecule has 2 aromatic carbocycles. The van der Waals surface area contributed by atoms with Gasteiger partial charge in [-0.25, -0.2) is 0 Å². The molecule has 3 aromatic rings. The third-order valence-corrected chi connectivity index (χ3v) is 5.58. The number of aliphatic hydroxyl groups is 1. The number of benzene rings is 2. The van der Waals surface area contributed by atoms with E-state index in [1.165, 1.54) is 4.90 Å². The standard InChI is InChI=1S/C26H24N2O3/c1-16(2)18-11-13-20(14-12-18)28-23(21-6-4-5-15-27-21)22(25(30)26(28)31)24(29)19-9-7-17(3)8-10-19/h4-16,23,29H,1-3H3/b24-22-. The molecule has 2 heterocycles. The Morgan fingerprint density at radius 3 is 2.23 bits per heavy atom. The topological polar surface area (TPSA) is 70.5 Å². The fraction of sp³-hybridized carbons (Fsp3) is 0.192. The third-order valence-electron chi connectivity index (χ3n) is 5.58. The molecule has 5 heteroatoms. The van der Waals surface area contributed by atoms with Crippen LogP contribution in [0.1, 0.15) is 48.2 Å². The number of hydrogen-bond acceptors (Lipinski definition) is 4. The molecule has 1 fully saturated rings. The van der Waals surface area contributed by atoms with E-state index in [1.807, 2.05) is 43.3 Å². The van der Waals surface area contributed by atoms with E-state index in [0.717, 1.165) is 11.1 Å². The average molecular weight is 412 g/mol. The number of aliphatic hydroxyl groups excluding tert-OH is 1. The van der Waals surface area contributed by atoms with Crippen LogP contribution in [0.3, 0.4) is 0 Å². The van der Waals surface area contributed by atoms with E-state index in [9.17, 15) is 14.7 Å². The minimum atomic E-state index is -0.813. The molecule has 1 aliphatic rings. The van der Waals surface area contributed by atoms with Crippen LogP contribution in [-0.2, 0) is 9.59 Å². The molecule has 1 aliphatic heterocycles. The monoisotopic (exact) mass is 412 g/mol. The molecule has 156 valence electrons. The number of rotatable bonds is 4. The van der Waals surface area contributed by atoms with Gasteiger partial charge in [0.05, 0.1) is 11.3 Å². The van der Waals surface area contributed by atoms with Gasteiger partial charge in [-0.05, 0) is 42.7 Å². The SMILES string of the molecule is Cc1ccc(/C(O)=C2/C(=O)C(=O)N(c3ccc(C(C)C)cc3)C2c2ccccn2)cc1. The Morgan fingerprint density at radius 1 is 0.968 bits per heavy atom. The van der Waals surface area contributed by atoms with Gasteiger partial charge in [0.25, 0.3) is 11.7 Å². The van der Waals surface area contributed by atoms with Crippen molar-refractivity contribution < 1.29 is 14.7 Å². The zero-order chi connectivity index (χ0) is 22.1. The second kappa shape index (κ2) is 8.19. The fourth-order valence-corrected chi connectivity index (χ4v) is 3.80. The smallest absolute Gasteiger partial charge is 0.300 e. The molecule has 0 aliphatic carbocycles. The number of carbonyl (C=O) groups excluding carboxylic acids is 2. The van der Waals surface area contributed by atoms with Crippen LogP contribution in [0.2, 0.25) is 0 Å². The lowest BCUT2D eigenvalue weighted by Crippen LogP contribution is -2.29. The average Bonchev–Trinajstić information content (AvgIpc) is 3.05. The summed E-state index contributed by atoms with van der Waals surface area (Å²) in [5.41, 5.74) is 3.80. The van der Waals surface area contributed by atoms with Gasteiger partial charge in [-0.1, -0.05) is 61.9 Å². The molecule has 0 saturated carbocycles. The van der Waals surface area contributed by atoms with Crippen LogP contribution in [0.15, 0.2) is 78.5 Å². The van der Waals surface area contributed by atoms with Gasteiger partial charge in [0.15, 0.2) is 0 Å². The highest BCUT2D eigenvalue weighted by atomic mass is 16.3. The minimum absolute atomic E-state index is 0.0421. The molecule has 1 aromatic heterocycles. The fourth-order valence-electron chi connectivity index (χ4n) is 3.80. The van der Waals surface area contributed by atoms with Gasteiger partial charge in [0, 0.05) is 17.4 Å². The van der Waals surface area contributed by atoms with E-state index in [4.69, 9.17) is 0 Å². The molecule has 1 unspecified atom stereocenters. The number of Topliss-reactive ketones (excluding diaryl/α,β-unsaturated/α-hetero) is 1. The van der Waals surface area contributed by atoms with Gasteiger partial charge in [-0.15, -0.1) is 0 Å². The number of amides is 1. The summed E-state index contributed by atoms with van der Waals surface area (Å²) in [4.78, 5) is 32.0. The maximum absolute atomic E-state index is 13.1. The zero-order valence-electron chi connectivity index (χ0n) is 17.7. The summed E-state index contributed by atoms with van der Waals surface area (Å²) in [6, 6.07) is 19.3. The normalized spacial score (nSPS) is 18.1. The van der Waals surface area contributed by atoms with E-state index in [-0.39, 0.29) is 11.3 Å². The number of pyridine rings is 1. The molecule has 31 heavy (non-hydrogen) atoms. The first kappa shape index (κ1) is 20.5. The molecule has 0 spiro atoms. The van der Waals surface area contributed by atoms with Crippen molar-refractivity contribution in [3.8, 4) is 0 Å². The van der Waals surface area contributed by atoms with E-state index in [0.29, 0.717) is 22.9 Å². The Balaban J connectivity index is 1.89. The molecule has 4 rings (SSSR count). The van der Waals surface area contributed by atoms with Gasteiger partial charge >= 0.3 is 0 Å². The predicted molar refractivity (Wildman–Crippen MR) is 121 cm³/mol. The number of carbonyl (C=O) groups is 2. The van der Waals surface area contributed by atoms with Crippen molar-refractivity contribution in [3.05, 3.63) is 101 Å². The Labute approximate surface area is 181 Å². The number of ketones is 1. The van der Waals surface area contributed by atoms with Crippen molar-refractivity contribution in [1.29, 1.82) is 0 Å². The van der Waals surface area contributed by atoms with Crippen LogP contribution in [0, 0.1) is 6.92 Å². The first-order valence-electron chi connectivity index (χ1n) is 10.3. The van der Waals surface area contributed by atoms with E-state index >= 15 is 0 Å². The largest absolute Gasteiger partial charge is 0.507 e. The van der Waals surface area contributed by atoms with Gasteiger partial charge in [-0.2, -0.15) is 0 Å². The van der Waals surface area contributed by atoms with Crippen LogP contribution in [0.4, 0.5) is 5.69 Å². The van der Waals surface area contributed by atoms with Crippen molar-refractivity contribution in [3.63, 3.8) is 0 Å². The zero-order valence-corrected chi connectivity index (χ0v) is 17.7. The van der Waals surface area contributed by atoms with Crippen LogP contribution >= 0.6 is 0 Å². The van der Waals surface area contributed by atoms with Crippen LogP contribution in [0.5, 0.6) is 0 Å². The quantitative estimate of drug-likeness (QED) is 0.366.